The predicted octanol–water partition coefficient (Wildman–Crippen LogP) is 4.85. The molecule has 0 saturated carbocycles. The number of carbonyl (C=O) groups is 2. The summed E-state index contributed by atoms with van der Waals surface area (Å²) in [7, 11) is 1.56. The Kier molecular flexibility index (Phi) is 6.29. The molecule has 3 aromatic rings. The number of amides is 1. The molecule has 0 bridgehead atoms. The average Bonchev–Trinajstić information content (AvgIpc) is 2.74. The maximum Gasteiger partial charge on any atom is 0.339 e. The summed E-state index contributed by atoms with van der Waals surface area (Å²) in [5, 5.41) is 2.80. The molecule has 0 aliphatic rings. The number of anilines is 1. The average molecular weight is 389 g/mol. The van der Waals surface area contributed by atoms with Gasteiger partial charge in [0.15, 0.2) is 0 Å². The summed E-state index contributed by atoms with van der Waals surface area (Å²) in [6, 6.07) is 21.5. The lowest BCUT2D eigenvalue weighted by atomic mass is 10.1. The van der Waals surface area contributed by atoms with Crippen molar-refractivity contribution in [2.75, 3.05) is 12.4 Å². The van der Waals surface area contributed by atoms with Crippen LogP contribution in [0.3, 0.4) is 0 Å². The van der Waals surface area contributed by atoms with Crippen LogP contribution in [-0.2, 0) is 9.53 Å². The van der Waals surface area contributed by atoms with Crippen LogP contribution in [0.1, 0.15) is 33.2 Å². The van der Waals surface area contributed by atoms with Crippen molar-refractivity contribution >= 4 is 17.6 Å². The lowest BCUT2D eigenvalue weighted by molar-refractivity contribution is -0.125. The second-order valence-corrected chi connectivity index (χ2v) is 6.74. The van der Waals surface area contributed by atoms with Gasteiger partial charge in [-0.3, -0.25) is 4.79 Å². The molecule has 0 aliphatic carbocycles. The van der Waals surface area contributed by atoms with Crippen molar-refractivity contribution in [2.45, 2.75) is 20.0 Å². The van der Waals surface area contributed by atoms with Crippen LogP contribution >= 0.6 is 0 Å². The highest BCUT2D eigenvalue weighted by atomic mass is 16.5. The van der Waals surface area contributed by atoms with E-state index in [0.717, 1.165) is 11.1 Å². The van der Waals surface area contributed by atoms with Crippen LogP contribution in [0, 0.1) is 13.8 Å². The summed E-state index contributed by atoms with van der Waals surface area (Å²) < 4.78 is 10.9. The summed E-state index contributed by atoms with van der Waals surface area (Å²) >= 11 is 0. The number of hydrogen-bond acceptors (Lipinski definition) is 4. The molecule has 3 rings (SSSR count). The molecule has 3 aromatic carbocycles. The predicted molar refractivity (Wildman–Crippen MR) is 112 cm³/mol. The highest BCUT2D eigenvalue weighted by Crippen LogP contribution is 2.24. The molecular weight excluding hydrogens is 366 g/mol. The van der Waals surface area contributed by atoms with Gasteiger partial charge in [0.1, 0.15) is 5.75 Å². The number of methoxy groups -OCH3 is 1. The summed E-state index contributed by atoms with van der Waals surface area (Å²) in [4.78, 5) is 25.8. The Morgan fingerprint density at radius 2 is 1.66 bits per heavy atom. The summed E-state index contributed by atoms with van der Waals surface area (Å²) in [6.07, 6.45) is -1.09. The Morgan fingerprint density at radius 3 is 2.38 bits per heavy atom. The van der Waals surface area contributed by atoms with Gasteiger partial charge in [0, 0.05) is 17.3 Å². The Morgan fingerprint density at radius 1 is 0.897 bits per heavy atom. The largest absolute Gasteiger partial charge is 0.497 e. The van der Waals surface area contributed by atoms with Gasteiger partial charge < -0.3 is 14.8 Å². The van der Waals surface area contributed by atoms with Gasteiger partial charge in [-0.1, -0.05) is 54.1 Å². The van der Waals surface area contributed by atoms with Gasteiger partial charge in [0.25, 0.3) is 5.91 Å². The number of nitrogens with one attached hydrogen (secondary N) is 1. The first kappa shape index (κ1) is 20.1. The molecule has 1 amide bonds. The highest BCUT2D eigenvalue weighted by molar-refractivity contribution is 5.98. The Balaban J connectivity index is 1.87. The molecule has 1 N–H and O–H groups in total. The zero-order chi connectivity index (χ0) is 20.8. The van der Waals surface area contributed by atoms with Crippen LogP contribution in [0.15, 0.2) is 72.8 Å². The number of ether oxygens (including phenoxy) is 2. The normalized spacial score (nSPS) is 11.4. The van der Waals surface area contributed by atoms with E-state index in [0.29, 0.717) is 22.6 Å². The molecule has 29 heavy (non-hydrogen) atoms. The molecule has 5 heteroatoms. The Labute approximate surface area is 170 Å². The quantitative estimate of drug-likeness (QED) is 0.612. The van der Waals surface area contributed by atoms with E-state index in [1.165, 1.54) is 0 Å². The molecule has 1 atom stereocenters. The van der Waals surface area contributed by atoms with E-state index in [4.69, 9.17) is 9.47 Å². The van der Waals surface area contributed by atoms with Crippen molar-refractivity contribution in [2.24, 2.45) is 0 Å². The topological polar surface area (TPSA) is 64.6 Å². The standard InChI is InChI=1S/C24H23NO4/c1-16-12-13-17(2)21(14-16)24(27)29-22(18-8-5-4-6-9-18)23(26)25-19-10-7-11-20(15-19)28-3/h4-15,22H,1-3H3,(H,25,26). The second kappa shape index (κ2) is 9.06. The number of aryl methyl sites for hydroxylation is 2. The van der Waals surface area contributed by atoms with Crippen molar-refractivity contribution in [1.82, 2.24) is 0 Å². The molecule has 0 radical (unpaired) electrons. The molecular formula is C24H23NO4. The maximum absolute atomic E-state index is 13.0. The fourth-order valence-electron chi connectivity index (χ4n) is 2.94. The van der Waals surface area contributed by atoms with Crippen LogP contribution in [0.4, 0.5) is 5.69 Å². The summed E-state index contributed by atoms with van der Waals surface area (Å²) in [5.74, 6) is -0.365. The van der Waals surface area contributed by atoms with E-state index >= 15 is 0 Å². The molecule has 0 spiro atoms. The van der Waals surface area contributed by atoms with Gasteiger partial charge in [-0.2, -0.15) is 0 Å². The highest BCUT2D eigenvalue weighted by Gasteiger charge is 2.26. The van der Waals surface area contributed by atoms with Crippen molar-refractivity contribution in [1.29, 1.82) is 0 Å². The number of rotatable bonds is 6. The van der Waals surface area contributed by atoms with E-state index in [1.54, 1.807) is 61.7 Å². The zero-order valence-electron chi connectivity index (χ0n) is 16.6. The number of carbonyl (C=O) groups excluding carboxylic acids is 2. The third kappa shape index (κ3) is 5.02. The smallest absolute Gasteiger partial charge is 0.339 e. The molecule has 0 aromatic heterocycles. The molecule has 148 valence electrons. The van der Waals surface area contributed by atoms with Crippen molar-refractivity contribution < 1.29 is 19.1 Å². The van der Waals surface area contributed by atoms with Crippen LogP contribution in [0.25, 0.3) is 0 Å². The van der Waals surface area contributed by atoms with E-state index < -0.39 is 18.0 Å². The number of esters is 1. The lowest BCUT2D eigenvalue weighted by Crippen LogP contribution is -2.26. The van der Waals surface area contributed by atoms with Crippen LogP contribution < -0.4 is 10.1 Å². The lowest BCUT2D eigenvalue weighted by Gasteiger charge is -2.19. The van der Waals surface area contributed by atoms with Crippen LogP contribution in [-0.4, -0.2) is 19.0 Å². The van der Waals surface area contributed by atoms with Crippen LogP contribution in [0.2, 0.25) is 0 Å². The third-order valence-electron chi connectivity index (χ3n) is 4.52. The monoisotopic (exact) mass is 389 g/mol. The van der Waals surface area contributed by atoms with Crippen molar-refractivity contribution in [3.63, 3.8) is 0 Å². The molecule has 0 fully saturated rings. The van der Waals surface area contributed by atoms with Crippen molar-refractivity contribution in [3.05, 3.63) is 95.1 Å². The van der Waals surface area contributed by atoms with E-state index in [2.05, 4.69) is 5.32 Å². The summed E-state index contributed by atoms with van der Waals surface area (Å²) in [6.45, 7) is 3.74. The van der Waals surface area contributed by atoms with Gasteiger partial charge in [-0.05, 0) is 37.6 Å². The number of hydrogen-bond donors (Lipinski definition) is 1. The van der Waals surface area contributed by atoms with E-state index in [1.807, 2.05) is 32.0 Å². The zero-order valence-corrected chi connectivity index (χ0v) is 16.6. The van der Waals surface area contributed by atoms with Gasteiger partial charge in [-0.15, -0.1) is 0 Å². The Bertz CT molecular complexity index is 1010. The molecule has 5 nitrogen and oxygen atoms in total. The second-order valence-electron chi connectivity index (χ2n) is 6.74. The summed E-state index contributed by atoms with van der Waals surface area (Å²) in [5.41, 5.74) is 3.32. The first-order valence-electron chi connectivity index (χ1n) is 9.26. The molecule has 0 saturated heterocycles. The fourth-order valence-corrected chi connectivity index (χ4v) is 2.94. The van der Waals surface area contributed by atoms with E-state index in [9.17, 15) is 9.59 Å². The van der Waals surface area contributed by atoms with Crippen molar-refractivity contribution in [3.8, 4) is 5.75 Å². The van der Waals surface area contributed by atoms with E-state index in [-0.39, 0.29) is 0 Å². The third-order valence-corrected chi connectivity index (χ3v) is 4.52. The molecule has 0 aliphatic heterocycles. The minimum atomic E-state index is -1.09. The Hall–Kier alpha value is -3.60. The maximum atomic E-state index is 13.0. The van der Waals surface area contributed by atoms with Crippen LogP contribution in [0.5, 0.6) is 5.75 Å². The first-order valence-corrected chi connectivity index (χ1v) is 9.26. The SMILES string of the molecule is COc1cccc(NC(=O)C(OC(=O)c2cc(C)ccc2C)c2ccccc2)c1. The van der Waals surface area contributed by atoms with Gasteiger partial charge in [-0.25, -0.2) is 4.79 Å². The first-order chi connectivity index (χ1) is 14.0. The molecule has 0 heterocycles. The minimum absolute atomic E-state index is 0.442. The molecule has 1 unspecified atom stereocenters. The minimum Gasteiger partial charge on any atom is -0.497 e. The van der Waals surface area contributed by atoms with Gasteiger partial charge in [0.2, 0.25) is 6.10 Å². The number of benzene rings is 3. The fraction of sp³-hybridized carbons (Fsp3) is 0.167. The van der Waals surface area contributed by atoms with Gasteiger partial charge >= 0.3 is 5.97 Å². The van der Waals surface area contributed by atoms with Gasteiger partial charge in [0.05, 0.1) is 12.7 Å².